The molecule has 1 aromatic carbocycles. The van der Waals surface area contributed by atoms with E-state index < -0.39 is 0 Å². The van der Waals surface area contributed by atoms with Gasteiger partial charge in [-0.3, -0.25) is 0 Å². The van der Waals surface area contributed by atoms with E-state index >= 15 is 0 Å². The topological polar surface area (TPSA) is 15.3 Å². The molecular weight excluding hydrogens is 232 g/mol. The van der Waals surface area contributed by atoms with Gasteiger partial charge in [-0.2, -0.15) is 0 Å². The third kappa shape index (κ3) is 3.97. The second kappa shape index (κ2) is 5.96. The number of nitrogens with one attached hydrogen (secondary N) is 1. The molecule has 2 heteroatoms. The molecule has 1 fully saturated rings. The molecule has 1 aliphatic rings. The van der Waals surface area contributed by atoms with Gasteiger partial charge >= 0.3 is 0 Å². The number of hydrogen-bond donors (Lipinski definition) is 1. The first kappa shape index (κ1) is 14.4. The van der Waals surface area contributed by atoms with Crippen LogP contribution in [0.2, 0.25) is 0 Å². The van der Waals surface area contributed by atoms with E-state index in [9.17, 15) is 0 Å². The van der Waals surface area contributed by atoms with Crippen molar-refractivity contribution in [3.05, 3.63) is 29.8 Å². The third-order valence-electron chi connectivity index (χ3n) is 4.10. The zero-order valence-corrected chi connectivity index (χ0v) is 12.9. The standard InChI is InChI=1S/C17H28N2/c1-14(2)11-15-5-7-16(8-6-15)19(4)13-17(9-10-17)12-18-3/h5-8,14,18H,9-13H2,1-4H3. The van der Waals surface area contributed by atoms with Crippen molar-refractivity contribution in [2.75, 3.05) is 32.1 Å². The molecule has 0 aromatic heterocycles. The van der Waals surface area contributed by atoms with Crippen molar-refractivity contribution in [3.63, 3.8) is 0 Å². The van der Waals surface area contributed by atoms with Crippen molar-refractivity contribution < 1.29 is 0 Å². The summed E-state index contributed by atoms with van der Waals surface area (Å²) in [6, 6.07) is 9.10. The molecule has 1 N–H and O–H groups in total. The van der Waals surface area contributed by atoms with Crippen molar-refractivity contribution in [1.29, 1.82) is 0 Å². The van der Waals surface area contributed by atoms with Crippen LogP contribution in [0, 0.1) is 11.3 Å². The average Bonchev–Trinajstić information content (AvgIpc) is 3.09. The number of nitrogens with zero attached hydrogens (tertiary/aromatic N) is 1. The van der Waals surface area contributed by atoms with Gasteiger partial charge in [0.1, 0.15) is 0 Å². The fraction of sp³-hybridized carbons (Fsp3) is 0.647. The van der Waals surface area contributed by atoms with Crippen molar-refractivity contribution in [3.8, 4) is 0 Å². The predicted molar refractivity (Wildman–Crippen MR) is 83.8 cm³/mol. The Kier molecular flexibility index (Phi) is 4.51. The zero-order valence-electron chi connectivity index (χ0n) is 12.9. The van der Waals surface area contributed by atoms with Crippen molar-refractivity contribution in [1.82, 2.24) is 5.32 Å². The minimum atomic E-state index is 0.528. The van der Waals surface area contributed by atoms with E-state index in [0.29, 0.717) is 5.41 Å². The monoisotopic (exact) mass is 260 g/mol. The van der Waals surface area contributed by atoms with Crippen molar-refractivity contribution in [2.24, 2.45) is 11.3 Å². The first-order chi connectivity index (χ1) is 9.04. The Labute approximate surface area is 118 Å². The van der Waals surface area contributed by atoms with Gasteiger partial charge in [0.15, 0.2) is 0 Å². The SMILES string of the molecule is CNCC1(CN(C)c2ccc(CC(C)C)cc2)CC1. The van der Waals surface area contributed by atoms with Crippen molar-refractivity contribution >= 4 is 5.69 Å². The Morgan fingerprint density at radius 2 is 1.84 bits per heavy atom. The van der Waals surface area contributed by atoms with E-state index in [4.69, 9.17) is 0 Å². The molecule has 0 unspecified atom stereocenters. The number of hydrogen-bond acceptors (Lipinski definition) is 2. The molecular formula is C17H28N2. The van der Waals surface area contributed by atoms with Gasteiger partial charge in [-0.15, -0.1) is 0 Å². The Hall–Kier alpha value is -1.02. The molecule has 19 heavy (non-hydrogen) atoms. The van der Waals surface area contributed by atoms with Crippen LogP contribution in [0.25, 0.3) is 0 Å². The van der Waals surface area contributed by atoms with Crippen LogP contribution < -0.4 is 10.2 Å². The maximum Gasteiger partial charge on any atom is 0.0363 e. The maximum absolute atomic E-state index is 3.33. The maximum atomic E-state index is 3.33. The summed E-state index contributed by atoms with van der Waals surface area (Å²) in [4.78, 5) is 2.41. The van der Waals surface area contributed by atoms with Gasteiger partial charge in [0.2, 0.25) is 0 Å². The smallest absolute Gasteiger partial charge is 0.0363 e. The van der Waals surface area contributed by atoms with Gasteiger partial charge in [-0.25, -0.2) is 0 Å². The van der Waals surface area contributed by atoms with E-state index in [0.717, 1.165) is 19.0 Å². The summed E-state index contributed by atoms with van der Waals surface area (Å²) in [5, 5.41) is 3.33. The molecule has 0 saturated heterocycles. The molecule has 0 heterocycles. The summed E-state index contributed by atoms with van der Waals surface area (Å²) < 4.78 is 0. The second-order valence-corrected chi connectivity index (χ2v) is 6.65. The highest BCUT2D eigenvalue weighted by Gasteiger charge is 2.42. The molecule has 2 rings (SSSR count). The summed E-state index contributed by atoms with van der Waals surface area (Å²) in [5.74, 6) is 0.731. The van der Waals surface area contributed by atoms with Gasteiger partial charge in [0.25, 0.3) is 0 Å². The molecule has 106 valence electrons. The molecule has 1 aliphatic carbocycles. The molecule has 1 aromatic rings. The minimum Gasteiger partial charge on any atom is -0.374 e. The van der Waals surface area contributed by atoms with E-state index in [1.165, 1.54) is 30.5 Å². The summed E-state index contributed by atoms with van der Waals surface area (Å²) in [6.07, 6.45) is 3.90. The van der Waals surface area contributed by atoms with Gasteiger partial charge < -0.3 is 10.2 Å². The fourth-order valence-corrected chi connectivity index (χ4v) is 2.89. The summed E-state index contributed by atoms with van der Waals surface area (Å²) in [5.41, 5.74) is 3.32. The molecule has 0 amide bonds. The van der Waals surface area contributed by atoms with Crippen LogP contribution in [0.4, 0.5) is 5.69 Å². The Morgan fingerprint density at radius 3 is 2.32 bits per heavy atom. The van der Waals surface area contributed by atoms with E-state index in [1.54, 1.807) is 0 Å². The Morgan fingerprint density at radius 1 is 1.21 bits per heavy atom. The molecule has 2 nitrogen and oxygen atoms in total. The molecule has 1 saturated carbocycles. The van der Waals surface area contributed by atoms with E-state index in [1.807, 2.05) is 0 Å². The van der Waals surface area contributed by atoms with Crippen LogP contribution >= 0.6 is 0 Å². The van der Waals surface area contributed by atoms with E-state index in [-0.39, 0.29) is 0 Å². The first-order valence-electron chi connectivity index (χ1n) is 7.49. The summed E-state index contributed by atoms with van der Waals surface area (Å²) in [6.45, 7) is 6.85. The quantitative estimate of drug-likeness (QED) is 0.809. The van der Waals surface area contributed by atoms with Gasteiger partial charge in [-0.05, 0) is 49.9 Å². The van der Waals surface area contributed by atoms with Crippen LogP contribution in [0.3, 0.4) is 0 Å². The van der Waals surface area contributed by atoms with Crippen molar-refractivity contribution in [2.45, 2.75) is 33.1 Å². The highest BCUT2D eigenvalue weighted by atomic mass is 15.1. The van der Waals surface area contributed by atoms with Crippen LogP contribution in [0.1, 0.15) is 32.3 Å². The van der Waals surface area contributed by atoms with E-state index in [2.05, 4.69) is 62.4 Å². The zero-order chi connectivity index (χ0) is 13.9. The average molecular weight is 260 g/mol. The lowest BCUT2D eigenvalue weighted by molar-refractivity contribution is 0.482. The van der Waals surface area contributed by atoms with Gasteiger partial charge in [0, 0.05) is 31.2 Å². The molecule has 0 spiro atoms. The molecule has 0 bridgehead atoms. The van der Waals surface area contributed by atoms with Crippen LogP contribution in [-0.2, 0) is 6.42 Å². The highest BCUT2D eigenvalue weighted by molar-refractivity contribution is 5.47. The minimum absolute atomic E-state index is 0.528. The Balaban J connectivity index is 1.94. The van der Waals surface area contributed by atoms with Gasteiger partial charge in [0.05, 0.1) is 0 Å². The summed E-state index contributed by atoms with van der Waals surface area (Å²) in [7, 11) is 4.27. The Bertz CT molecular complexity index is 390. The predicted octanol–water partition coefficient (Wildman–Crippen LogP) is 3.32. The van der Waals surface area contributed by atoms with Crippen LogP contribution in [0.15, 0.2) is 24.3 Å². The third-order valence-corrected chi connectivity index (χ3v) is 4.10. The van der Waals surface area contributed by atoms with Crippen LogP contribution in [-0.4, -0.2) is 27.2 Å². The summed E-state index contributed by atoms with van der Waals surface area (Å²) >= 11 is 0. The number of benzene rings is 1. The largest absolute Gasteiger partial charge is 0.374 e. The number of rotatable bonds is 7. The molecule has 0 aliphatic heterocycles. The van der Waals surface area contributed by atoms with Crippen LogP contribution in [0.5, 0.6) is 0 Å². The highest BCUT2D eigenvalue weighted by Crippen LogP contribution is 2.45. The normalized spacial score (nSPS) is 16.7. The molecule has 0 atom stereocenters. The molecule has 0 radical (unpaired) electrons. The lowest BCUT2D eigenvalue weighted by Gasteiger charge is -2.25. The second-order valence-electron chi connectivity index (χ2n) is 6.65. The lowest BCUT2D eigenvalue weighted by atomic mass is 10.0. The number of anilines is 1. The van der Waals surface area contributed by atoms with Gasteiger partial charge in [-0.1, -0.05) is 26.0 Å². The lowest BCUT2D eigenvalue weighted by Crippen LogP contribution is -2.32. The first-order valence-corrected chi connectivity index (χ1v) is 7.49. The fourth-order valence-electron chi connectivity index (χ4n) is 2.89.